The molecule has 7 heteroatoms. The van der Waals surface area contributed by atoms with Gasteiger partial charge in [0.2, 0.25) is 5.78 Å². The highest BCUT2D eigenvalue weighted by molar-refractivity contribution is 6.15. The molecule has 0 aromatic heterocycles. The van der Waals surface area contributed by atoms with E-state index in [0.717, 1.165) is 34.1 Å². The van der Waals surface area contributed by atoms with Crippen molar-refractivity contribution >= 4 is 17.5 Å². The summed E-state index contributed by atoms with van der Waals surface area (Å²) in [6, 6.07) is 16.9. The number of anilines is 1. The van der Waals surface area contributed by atoms with Gasteiger partial charge in [0.15, 0.2) is 24.0 Å². The molecule has 3 aromatic rings. The zero-order valence-electron chi connectivity index (χ0n) is 18.0. The fourth-order valence-electron chi connectivity index (χ4n) is 4.24. The minimum Gasteiger partial charge on any atom is -0.497 e. The first-order valence-electron chi connectivity index (χ1n) is 10.7. The molecule has 33 heavy (non-hydrogen) atoms. The molecule has 7 nitrogen and oxygen atoms in total. The van der Waals surface area contributed by atoms with Crippen molar-refractivity contribution in [3.8, 4) is 28.7 Å². The molecule has 3 aromatic carbocycles. The lowest BCUT2D eigenvalue weighted by Gasteiger charge is -2.32. The van der Waals surface area contributed by atoms with E-state index in [1.807, 2.05) is 48.5 Å². The van der Waals surface area contributed by atoms with E-state index >= 15 is 0 Å². The lowest BCUT2D eigenvalue weighted by atomic mass is 10.0. The Kier molecular flexibility index (Phi) is 4.61. The molecule has 0 N–H and O–H groups in total. The second-order valence-corrected chi connectivity index (χ2v) is 7.93. The van der Waals surface area contributed by atoms with Gasteiger partial charge in [0.1, 0.15) is 30.5 Å². The van der Waals surface area contributed by atoms with E-state index in [-0.39, 0.29) is 11.5 Å². The van der Waals surface area contributed by atoms with E-state index < -0.39 is 0 Å². The van der Waals surface area contributed by atoms with Crippen LogP contribution in [0.15, 0.2) is 60.4 Å². The maximum Gasteiger partial charge on any atom is 0.231 e. The quantitative estimate of drug-likeness (QED) is 0.555. The molecule has 0 unspecified atom stereocenters. The summed E-state index contributed by atoms with van der Waals surface area (Å²) >= 11 is 0. The van der Waals surface area contributed by atoms with Crippen molar-refractivity contribution in [3.63, 3.8) is 0 Å². The van der Waals surface area contributed by atoms with Crippen LogP contribution in [0.3, 0.4) is 0 Å². The number of methoxy groups -OCH3 is 1. The van der Waals surface area contributed by atoms with Gasteiger partial charge in [0, 0.05) is 11.8 Å². The van der Waals surface area contributed by atoms with Crippen LogP contribution in [0.5, 0.6) is 28.7 Å². The largest absolute Gasteiger partial charge is 0.497 e. The van der Waals surface area contributed by atoms with Gasteiger partial charge in [-0.3, -0.25) is 4.79 Å². The van der Waals surface area contributed by atoms with Crippen molar-refractivity contribution < 1.29 is 28.5 Å². The van der Waals surface area contributed by atoms with Crippen molar-refractivity contribution in [1.29, 1.82) is 0 Å². The van der Waals surface area contributed by atoms with Crippen molar-refractivity contribution in [1.82, 2.24) is 0 Å². The lowest BCUT2D eigenvalue weighted by Crippen LogP contribution is -2.32. The van der Waals surface area contributed by atoms with Gasteiger partial charge in [-0.25, -0.2) is 0 Å². The zero-order chi connectivity index (χ0) is 22.4. The normalized spacial score (nSPS) is 17.2. The third-order valence-electron chi connectivity index (χ3n) is 5.91. The number of fused-ring (bicyclic) bond motifs is 4. The maximum atomic E-state index is 13.0. The monoisotopic (exact) mass is 443 g/mol. The van der Waals surface area contributed by atoms with Crippen LogP contribution in [0.4, 0.5) is 5.69 Å². The molecule has 0 aliphatic carbocycles. The first kappa shape index (κ1) is 19.5. The van der Waals surface area contributed by atoms with Crippen LogP contribution in [0.1, 0.15) is 21.5 Å². The second-order valence-electron chi connectivity index (χ2n) is 7.93. The zero-order valence-corrected chi connectivity index (χ0v) is 18.0. The Balaban J connectivity index is 1.31. The fraction of sp³-hybridized carbons (Fsp3) is 0.192. The molecule has 166 valence electrons. The molecule has 0 saturated carbocycles. The average Bonchev–Trinajstić information content (AvgIpc) is 3.19. The van der Waals surface area contributed by atoms with Crippen LogP contribution in [-0.4, -0.2) is 32.8 Å². The highest BCUT2D eigenvalue weighted by Crippen LogP contribution is 2.43. The summed E-state index contributed by atoms with van der Waals surface area (Å²) in [5.41, 5.74) is 3.15. The first-order chi connectivity index (χ1) is 16.2. The van der Waals surface area contributed by atoms with Crippen LogP contribution in [0, 0.1) is 0 Å². The fourth-order valence-corrected chi connectivity index (χ4v) is 4.24. The molecule has 3 aliphatic heterocycles. The highest BCUT2D eigenvalue weighted by Gasteiger charge is 2.34. The number of hydrogen-bond acceptors (Lipinski definition) is 7. The van der Waals surface area contributed by atoms with E-state index in [1.165, 1.54) is 0 Å². The summed E-state index contributed by atoms with van der Waals surface area (Å²) in [5, 5.41) is 0. The minimum atomic E-state index is -0.146. The Labute approximate surface area is 190 Å². The van der Waals surface area contributed by atoms with Crippen LogP contribution in [0.2, 0.25) is 0 Å². The number of carbonyl (C=O) groups is 1. The summed E-state index contributed by atoms with van der Waals surface area (Å²) in [5.74, 6) is 3.58. The van der Waals surface area contributed by atoms with Gasteiger partial charge >= 0.3 is 0 Å². The number of ketones is 1. The number of allylic oxidation sites excluding steroid dienone is 1. The Bertz CT molecular complexity index is 1300. The molecule has 0 spiro atoms. The van der Waals surface area contributed by atoms with Crippen molar-refractivity contribution in [2.45, 2.75) is 6.54 Å². The summed E-state index contributed by atoms with van der Waals surface area (Å²) in [4.78, 5) is 15.1. The van der Waals surface area contributed by atoms with Crippen molar-refractivity contribution in [2.24, 2.45) is 0 Å². The Morgan fingerprint density at radius 1 is 0.939 bits per heavy atom. The summed E-state index contributed by atoms with van der Waals surface area (Å²) in [6.45, 7) is 2.00. The highest BCUT2D eigenvalue weighted by atomic mass is 16.6. The molecule has 0 amide bonds. The topological polar surface area (TPSA) is 66.5 Å². The number of hydrogen-bond donors (Lipinski definition) is 0. The first-order valence-corrected chi connectivity index (χ1v) is 10.7. The number of nitrogens with zero attached hydrogens (tertiary/aromatic N) is 1. The molecule has 3 aliphatic rings. The minimum absolute atomic E-state index is 0.146. The summed E-state index contributed by atoms with van der Waals surface area (Å²) in [7, 11) is 1.61. The number of ether oxygens (including phenoxy) is 5. The lowest BCUT2D eigenvalue weighted by molar-refractivity contribution is 0.101. The van der Waals surface area contributed by atoms with Crippen LogP contribution in [0.25, 0.3) is 6.08 Å². The standard InChI is InChI=1S/C26H21NO6/c1-29-18-4-2-3-16(11-18)12-24-25(28)19-6-8-21-20(26(19)33-24)14-27(15-32-21)17-5-7-22-23(13-17)31-10-9-30-22/h2-8,11-13H,9-10,14-15H2,1H3. The van der Waals surface area contributed by atoms with E-state index in [1.54, 1.807) is 19.3 Å². The van der Waals surface area contributed by atoms with Crippen LogP contribution < -0.4 is 28.6 Å². The molecule has 0 fully saturated rings. The van der Waals surface area contributed by atoms with E-state index in [4.69, 9.17) is 23.7 Å². The van der Waals surface area contributed by atoms with Gasteiger partial charge < -0.3 is 28.6 Å². The van der Waals surface area contributed by atoms with Gasteiger partial charge in [0.25, 0.3) is 0 Å². The molecule has 0 atom stereocenters. The molecule has 0 bridgehead atoms. The average molecular weight is 443 g/mol. The van der Waals surface area contributed by atoms with Gasteiger partial charge in [-0.05, 0) is 48.0 Å². The summed E-state index contributed by atoms with van der Waals surface area (Å²) < 4.78 is 28.7. The molecule has 0 radical (unpaired) electrons. The van der Waals surface area contributed by atoms with E-state index in [2.05, 4.69) is 4.90 Å². The number of benzene rings is 3. The van der Waals surface area contributed by atoms with Crippen molar-refractivity contribution in [3.05, 3.63) is 77.0 Å². The Morgan fingerprint density at radius 2 is 1.79 bits per heavy atom. The molecule has 6 rings (SSSR count). The van der Waals surface area contributed by atoms with E-state index in [0.29, 0.717) is 43.6 Å². The van der Waals surface area contributed by atoms with Gasteiger partial charge in [-0.15, -0.1) is 0 Å². The van der Waals surface area contributed by atoms with Gasteiger partial charge in [0.05, 0.1) is 24.8 Å². The van der Waals surface area contributed by atoms with Crippen LogP contribution >= 0.6 is 0 Å². The van der Waals surface area contributed by atoms with Crippen LogP contribution in [-0.2, 0) is 6.54 Å². The second kappa shape index (κ2) is 7.78. The molecular formula is C26H21NO6. The third kappa shape index (κ3) is 3.42. The number of rotatable bonds is 3. The predicted octanol–water partition coefficient (Wildman–Crippen LogP) is 4.44. The number of Topliss-reactive ketones (excluding diaryl/α,β-unsaturated/α-hetero) is 1. The van der Waals surface area contributed by atoms with E-state index in [9.17, 15) is 4.79 Å². The van der Waals surface area contributed by atoms with Gasteiger partial charge in [-0.1, -0.05) is 12.1 Å². The third-order valence-corrected chi connectivity index (χ3v) is 5.91. The number of carbonyl (C=O) groups excluding carboxylic acids is 1. The Hall–Kier alpha value is -4.13. The predicted molar refractivity (Wildman–Crippen MR) is 121 cm³/mol. The molecular weight excluding hydrogens is 422 g/mol. The Morgan fingerprint density at radius 3 is 2.67 bits per heavy atom. The molecule has 0 saturated heterocycles. The molecule has 3 heterocycles. The summed E-state index contributed by atoms with van der Waals surface area (Å²) in [6.07, 6.45) is 1.74. The van der Waals surface area contributed by atoms with Crippen molar-refractivity contribution in [2.75, 3.05) is 32.0 Å². The smallest absolute Gasteiger partial charge is 0.231 e. The van der Waals surface area contributed by atoms with Gasteiger partial charge in [-0.2, -0.15) is 0 Å². The maximum absolute atomic E-state index is 13.0. The SMILES string of the molecule is COc1cccc(C=C2Oc3c(ccc4c3CN(c3ccc5c(c3)OCCO5)CO4)C2=O)c1.